The molecule has 0 bridgehead atoms. The quantitative estimate of drug-likeness (QED) is 0.661. The average molecular weight is 244 g/mol. The highest BCUT2D eigenvalue weighted by molar-refractivity contribution is 5.83. The lowest BCUT2D eigenvalue weighted by Gasteiger charge is -2.37. The van der Waals surface area contributed by atoms with E-state index in [0.29, 0.717) is 6.42 Å². The van der Waals surface area contributed by atoms with Crippen molar-refractivity contribution in [2.45, 2.75) is 65.5 Å². The standard InChI is InChI=1S/C13H28N2O2/c1-7-8-13(6,17)9-15-10(16)11(2,3)12(4,5)14/h17H,7-9,14H2,1-6H3,(H,15,16). The Balaban J connectivity index is 4.48. The molecule has 0 aliphatic rings. The molecular weight excluding hydrogens is 216 g/mol. The molecule has 0 aliphatic carbocycles. The van der Waals surface area contributed by atoms with Gasteiger partial charge in [-0.25, -0.2) is 0 Å². The summed E-state index contributed by atoms with van der Waals surface area (Å²) < 4.78 is 0. The number of amides is 1. The van der Waals surface area contributed by atoms with Gasteiger partial charge in [0.05, 0.1) is 11.0 Å². The first-order valence-electron chi connectivity index (χ1n) is 6.23. The van der Waals surface area contributed by atoms with Gasteiger partial charge in [0.1, 0.15) is 0 Å². The molecule has 1 unspecified atom stereocenters. The van der Waals surface area contributed by atoms with Gasteiger partial charge in [-0.3, -0.25) is 4.79 Å². The van der Waals surface area contributed by atoms with Crippen molar-refractivity contribution in [3.63, 3.8) is 0 Å². The lowest BCUT2D eigenvalue weighted by atomic mass is 9.74. The summed E-state index contributed by atoms with van der Waals surface area (Å²) in [5, 5.41) is 12.8. The zero-order valence-corrected chi connectivity index (χ0v) is 12.1. The smallest absolute Gasteiger partial charge is 0.227 e. The van der Waals surface area contributed by atoms with Crippen molar-refractivity contribution in [2.75, 3.05) is 6.54 Å². The van der Waals surface area contributed by atoms with Crippen LogP contribution in [0, 0.1) is 5.41 Å². The predicted octanol–water partition coefficient (Wildman–Crippen LogP) is 1.42. The third-order valence-corrected chi connectivity index (χ3v) is 3.60. The first-order valence-corrected chi connectivity index (χ1v) is 6.23. The van der Waals surface area contributed by atoms with E-state index in [1.54, 1.807) is 6.92 Å². The maximum Gasteiger partial charge on any atom is 0.227 e. The fraction of sp³-hybridized carbons (Fsp3) is 0.923. The van der Waals surface area contributed by atoms with Crippen molar-refractivity contribution in [3.8, 4) is 0 Å². The summed E-state index contributed by atoms with van der Waals surface area (Å²) in [6.45, 7) is 11.3. The molecule has 0 aromatic carbocycles. The van der Waals surface area contributed by atoms with E-state index < -0.39 is 16.6 Å². The lowest BCUT2D eigenvalue weighted by molar-refractivity contribution is -0.133. The van der Waals surface area contributed by atoms with Gasteiger partial charge in [0.25, 0.3) is 0 Å². The van der Waals surface area contributed by atoms with Crippen LogP contribution in [0.1, 0.15) is 54.4 Å². The molecule has 0 radical (unpaired) electrons. The van der Waals surface area contributed by atoms with Gasteiger partial charge in [0.15, 0.2) is 0 Å². The van der Waals surface area contributed by atoms with Crippen molar-refractivity contribution in [2.24, 2.45) is 11.1 Å². The molecule has 4 N–H and O–H groups in total. The fourth-order valence-electron chi connectivity index (χ4n) is 1.41. The van der Waals surface area contributed by atoms with Crippen molar-refractivity contribution in [1.82, 2.24) is 5.32 Å². The van der Waals surface area contributed by atoms with E-state index in [0.717, 1.165) is 6.42 Å². The van der Waals surface area contributed by atoms with E-state index in [-0.39, 0.29) is 12.5 Å². The fourth-order valence-corrected chi connectivity index (χ4v) is 1.41. The van der Waals surface area contributed by atoms with Crippen LogP contribution in [-0.4, -0.2) is 28.7 Å². The maximum atomic E-state index is 12.1. The van der Waals surface area contributed by atoms with Gasteiger partial charge in [0.2, 0.25) is 5.91 Å². The van der Waals surface area contributed by atoms with Crippen molar-refractivity contribution in [1.29, 1.82) is 0 Å². The minimum absolute atomic E-state index is 0.124. The number of nitrogens with one attached hydrogen (secondary N) is 1. The van der Waals surface area contributed by atoms with Gasteiger partial charge < -0.3 is 16.2 Å². The molecule has 0 heterocycles. The Morgan fingerprint density at radius 1 is 1.24 bits per heavy atom. The normalized spacial score (nSPS) is 16.5. The van der Waals surface area contributed by atoms with E-state index in [2.05, 4.69) is 5.32 Å². The van der Waals surface area contributed by atoms with Gasteiger partial charge >= 0.3 is 0 Å². The Morgan fingerprint density at radius 2 is 1.71 bits per heavy atom. The van der Waals surface area contributed by atoms with Crippen LogP contribution in [-0.2, 0) is 4.79 Å². The van der Waals surface area contributed by atoms with Crippen molar-refractivity contribution < 1.29 is 9.90 Å². The first-order chi connectivity index (χ1) is 7.44. The Morgan fingerprint density at radius 3 is 2.06 bits per heavy atom. The second kappa shape index (κ2) is 5.36. The van der Waals surface area contributed by atoms with Crippen LogP contribution in [0.5, 0.6) is 0 Å². The molecule has 4 nitrogen and oxygen atoms in total. The van der Waals surface area contributed by atoms with E-state index >= 15 is 0 Å². The number of carbonyl (C=O) groups excluding carboxylic acids is 1. The van der Waals surface area contributed by atoms with E-state index in [4.69, 9.17) is 5.73 Å². The largest absolute Gasteiger partial charge is 0.388 e. The van der Waals surface area contributed by atoms with E-state index in [1.807, 2.05) is 34.6 Å². The molecule has 0 aromatic rings. The van der Waals surface area contributed by atoms with Gasteiger partial charge in [-0.1, -0.05) is 13.3 Å². The van der Waals surface area contributed by atoms with Gasteiger partial charge in [-0.15, -0.1) is 0 Å². The zero-order chi connectivity index (χ0) is 13.9. The van der Waals surface area contributed by atoms with E-state index in [1.165, 1.54) is 0 Å². The molecule has 0 rings (SSSR count). The molecule has 17 heavy (non-hydrogen) atoms. The molecule has 0 spiro atoms. The molecule has 1 atom stereocenters. The number of hydrogen-bond donors (Lipinski definition) is 3. The van der Waals surface area contributed by atoms with Crippen LogP contribution in [0.4, 0.5) is 0 Å². The zero-order valence-electron chi connectivity index (χ0n) is 12.1. The molecule has 102 valence electrons. The topological polar surface area (TPSA) is 75.3 Å². The van der Waals surface area contributed by atoms with Crippen LogP contribution < -0.4 is 11.1 Å². The highest BCUT2D eigenvalue weighted by Crippen LogP contribution is 2.28. The highest BCUT2D eigenvalue weighted by atomic mass is 16.3. The van der Waals surface area contributed by atoms with Crippen LogP contribution in [0.3, 0.4) is 0 Å². The molecular formula is C13H28N2O2. The SMILES string of the molecule is CCCC(C)(O)CNC(=O)C(C)(C)C(C)(C)N. The number of nitrogens with two attached hydrogens (primary N) is 1. The van der Waals surface area contributed by atoms with Gasteiger partial charge in [-0.2, -0.15) is 0 Å². The molecule has 0 saturated carbocycles. The highest BCUT2D eigenvalue weighted by Gasteiger charge is 2.40. The van der Waals surface area contributed by atoms with Gasteiger partial charge in [0, 0.05) is 12.1 Å². The van der Waals surface area contributed by atoms with Crippen LogP contribution in [0.2, 0.25) is 0 Å². The molecule has 0 saturated heterocycles. The third kappa shape index (κ3) is 4.64. The van der Waals surface area contributed by atoms with Gasteiger partial charge in [-0.05, 0) is 41.0 Å². The summed E-state index contributed by atoms with van der Waals surface area (Å²) in [4.78, 5) is 12.1. The molecule has 1 amide bonds. The Kier molecular flexibility index (Phi) is 5.16. The molecule has 0 aliphatic heterocycles. The Labute approximate surface area is 105 Å². The third-order valence-electron chi connectivity index (χ3n) is 3.60. The number of aliphatic hydroxyl groups is 1. The summed E-state index contributed by atoms with van der Waals surface area (Å²) in [7, 11) is 0. The summed E-state index contributed by atoms with van der Waals surface area (Å²) >= 11 is 0. The first kappa shape index (κ1) is 16.4. The number of carbonyl (C=O) groups is 1. The summed E-state index contributed by atoms with van der Waals surface area (Å²) in [6.07, 6.45) is 1.55. The van der Waals surface area contributed by atoms with Crippen LogP contribution >= 0.6 is 0 Å². The average Bonchev–Trinajstić information content (AvgIpc) is 2.12. The van der Waals surface area contributed by atoms with Crippen molar-refractivity contribution >= 4 is 5.91 Å². The minimum Gasteiger partial charge on any atom is -0.388 e. The molecule has 0 aromatic heterocycles. The molecule has 0 fully saturated rings. The summed E-state index contributed by atoms with van der Waals surface area (Å²) in [5.41, 5.74) is 3.87. The second-order valence-electron chi connectivity index (χ2n) is 6.28. The summed E-state index contributed by atoms with van der Waals surface area (Å²) in [6, 6.07) is 0. The molecule has 4 heteroatoms. The lowest BCUT2D eigenvalue weighted by Crippen LogP contribution is -2.57. The predicted molar refractivity (Wildman–Crippen MR) is 70.6 cm³/mol. The van der Waals surface area contributed by atoms with Crippen LogP contribution in [0.25, 0.3) is 0 Å². The number of rotatable bonds is 6. The van der Waals surface area contributed by atoms with Crippen LogP contribution in [0.15, 0.2) is 0 Å². The van der Waals surface area contributed by atoms with E-state index in [9.17, 15) is 9.90 Å². The minimum atomic E-state index is -0.848. The second-order valence-corrected chi connectivity index (χ2v) is 6.28. The Hall–Kier alpha value is -0.610. The summed E-state index contributed by atoms with van der Waals surface area (Å²) in [5.74, 6) is -0.124. The number of hydrogen-bond acceptors (Lipinski definition) is 3. The monoisotopic (exact) mass is 244 g/mol. The maximum absolute atomic E-state index is 12.1. The van der Waals surface area contributed by atoms with Crippen molar-refractivity contribution in [3.05, 3.63) is 0 Å². The Bertz CT molecular complexity index is 265.